The van der Waals surface area contributed by atoms with Gasteiger partial charge in [-0.1, -0.05) is 27.5 Å². The van der Waals surface area contributed by atoms with E-state index in [0.29, 0.717) is 16.0 Å². The van der Waals surface area contributed by atoms with Gasteiger partial charge in [-0.25, -0.2) is 9.37 Å². The van der Waals surface area contributed by atoms with Gasteiger partial charge in [0.15, 0.2) is 0 Å². The molecule has 1 atom stereocenters. The predicted molar refractivity (Wildman–Crippen MR) is 77.1 cm³/mol. The van der Waals surface area contributed by atoms with Gasteiger partial charge in [-0.15, -0.1) is 0 Å². The summed E-state index contributed by atoms with van der Waals surface area (Å²) in [4.78, 5) is 3.92. The molecule has 19 heavy (non-hydrogen) atoms. The second-order valence-electron chi connectivity index (χ2n) is 4.11. The maximum Gasteiger partial charge on any atom is 0.129 e. The monoisotopic (exact) mass is 343 g/mol. The normalized spacial score (nSPS) is 12.4. The van der Waals surface area contributed by atoms with Gasteiger partial charge in [-0.2, -0.15) is 0 Å². The molecule has 3 N–H and O–H groups in total. The van der Waals surface area contributed by atoms with E-state index >= 15 is 0 Å². The number of hydrazine groups is 1. The third-order valence-corrected chi connectivity index (χ3v) is 3.38. The summed E-state index contributed by atoms with van der Waals surface area (Å²) >= 11 is 9.12. The second kappa shape index (κ2) is 6.43. The Morgan fingerprint density at radius 2 is 2.16 bits per heavy atom. The lowest BCUT2D eigenvalue weighted by Gasteiger charge is -2.16. The molecule has 1 aromatic heterocycles. The van der Waals surface area contributed by atoms with Crippen LogP contribution in [0.5, 0.6) is 0 Å². The maximum atomic E-state index is 13.3. The fourth-order valence-corrected chi connectivity index (χ4v) is 2.57. The summed E-state index contributed by atoms with van der Waals surface area (Å²) in [6.07, 6.45) is 2.16. The Bertz CT molecular complexity index is 559. The van der Waals surface area contributed by atoms with Crippen molar-refractivity contribution < 1.29 is 4.39 Å². The molecule has 0 fully saturated rings. The van der Waals surface area contributed by atoms with Crippen LogP contribution in [0.3, 0.4) is 0 Å². The first-order valence-corrected chi connectivity index (χ1v) is 6.78. The summed E-state index contributed by atoms with van der Waals surface area (Å²) < 4.78 is 14.0. The Labute approximate surface area is 124 Å². The predicted octanol–water partition coefficient (Wildman–Crippen LogP) is 3.38. The number of nitrogens with zero attached hydrogens (tertiary/aromatic N) is 1. The Hall–Kier alpha value is -1.01. The molecule has 100 valence electrons. The molecular weight excluding hydrogens is 333 g/mol. The lowest BCUT2D eigenvalue weighted by atomic mass is 10.0. The van der Waals surface area contributed by atoms with E-state index in [0.717, 1.165) is 11.1 Å². The summed E-state index contributed by atoms with van der Waals surface area (Å²) in [5.41, 5.74) is 4.45. The third kappa shape index (κ3) is 3.98. The van der Waals surface area contributed by atoms with Crippen LogP contribution in [0.2, 0.25) is 5.15 Å². The van der Waals surface area contributed by atoms with Crippen LogP contribution in [-0.4, -0.2) is 4.98 Å². The average molecular weight is 345 g/mol. The number of aromatic nitrogens is 1. The van der Waals surface area contributed by atoms with Crippen molar-refractivity contribution >= 4 is 27.5 Å². The molecule has 0 bridgehead atoms. The van der Waals surface area contributed by atoms with Crippen molar-refractivity contribution in [1.29, 1.82) is 0 Å². The Balaban J connectivity index is 2.23. The van der Waals surface area contributed by atoms with Crippen LogP contribution in [0.25, 0.3) is 0 Å². The molecule has 1 unspecified atom stereocenters. The molecule has 1 aromatic carbocycles. The van der Waals surface area contributed by atoms with Crippen LogP contribution < -0.4 is 11.3 Å². The van der Waals surface area contributed by atoms with E-state index < -0.39 is 0 Å². The van der Waals surface area contributed by atoms with E-state index in [2.05, 4.69) is 26.3 Å². The van der Waals surface area contributed by atoms with Crippen LogP contribution in [0.4, 0.5) is 4.39 Å². The molecule has 0 aliphatic rings. The van der Waals surface area contributed by atoms with Gasteiger partial charge in [-0.3, -0.25) is 11.3 Å². The van der Waals surface area contributed by atoms with Gasteiger partial charge in [-0.05, 0) is 47.9 Å². The van der Waals surface area contributed by atoms with Gasteiger partial charge in [0.1, 0.15) is 11.0 Å². The first-order chi connectivity index (χ1) is 9.08. The molecule has 2 aromatic rings. The smallest absolute Gasteiger partial charge is 0.129 e. The zero-order chi connectivity index (χ0) is 13.8. The SMILES string of the molecule is NNC(Cc1cc(F)cc(Br)c1)c1ccnc(Cl)c1. The number of hydrogen-bond acceptors (Lipinski definition) is 3. The molecule has 0 spiro atoms. The highest BCUT2D eigenvalue weighted by molar-refractivity contribution is 9.10. The molecule has 1 heterocycles. The minimum Gasteiger partial charge on any atom is -0.271 e. The Kier molecular flexibility index (Phi) is 4.87. The highest BCUT2D eigenvalue weighted by Gasteiger charge is 2.12. The standard InChI is InChI=1S/C13H12BrClFN3/c14-10-3-8(4-11(16)7-10)5-12(19-17)9-1-2-18-13(15)6-9/h1-4,6-7,12,19H,5,17H2. The molecular formula is C13H12BrClFN3. The molecule has 0 amide bonds. The average Bonchev–Trinajstić information content (AvgIpc) is 2.34. The summed E-state index contributed by atoms with van der Waals surface area (Å²) in [6.45, 7) is 0. The lowest BCUT2D eigenvalue weighted by Crippen LogP contribution is -2.29. The van der Waals surface area contributed by atoms with Crippen molar-refractivity contribution in [2.75, 3.05) is 0 Å². The molecule has 3 nitrogen and oxygen atoms in total. The summed E-state index contributed by atoms with van der Waals surface area (Å²) in [7, 11) is 0. The van der Waals surface area contributed by atoms with Crippen molar-refractivity contribution in [1.82, 2.24) is 10.4 Å². The van der Waals surface area contributed by atoms with Gasteiger partial charge in [0, 0.05) is 10.7 Å². The first-order valence-electron chi connectivity index (χ1n) is 5.61. The van der Waals surface area contributed by atoms with Crippen LogP contribution in [0.1, 0.15) is 17.2 Å². The topological polar surface area (TPSA) is 50.9 Å². The quantitative estimate of drug-likeness (QED) is 0.508. The third-order valence-electron chi connectivity index (χ3n) is 2.72. The molecule has 0 aliphatic carbocycles. The van der Waals surface area contributed by atoms with Crippen molar-refractivity contribution in [2.45, 2.75) is 12.5 Å². The molecule has 6 heteroatoms. The fourth-order valence-electron chi connectivity index (χ4n) is 1.87. The molecule has 0 radical (unpaired) electrons. The summed E-state index contributed by atoms with van der Waals surface area (Å²) in [6, 6.07) is 8.16. The van der Waals surface area contributed by atoms with E-state index in [4.69, 9.17) is 17.4 Å². The minimum absolute atomic E-state index is 0.158. The maximum absolute atomic E-state index is 13.3. The molecule has 0 saturated carbocycles. The highest BCUT2D eigenvalue weighted by Crippen LogP contribution is 2.22. The molecule has 2 rings (SSSR count). The Morgan fingerprint density at radius 3 is 2.79 bits per heavy atom. The largest absolute Gasteiger partial charge is 0.271 e. The second-order valence-corrected chi connectivity index (χ2v) is 5.42. The molecule has 0 aliphatic heterocycles. The zero-order valence-corrected chi connectivity index (χ0v) is 12.2. The number of halogens is 3. The van der Waals surface area contributed by atoms with Gasteiger partial charge < -0.3 is 0 Å². The number of rotatable bonds is 4. The highest BCUT2D eigenvalue weighted by atomic mass is 79.9. The lowest BCUT2D eigenvalue weighted by molar-refractivity contribution is 0.548. The van der Waals surface area contributed by atoms with E-state index in [1.165, 1.54) is 12.1 Å². The number of hydrogen-bond donors (Lipinski definition) is 2. The van der Waals surface area contributed by atoms with Gasteiger partial charge >= 0.3 is 0 Å². The number of nitrogens with two attached hydrogens (primary N) is 1. The number of benzene rings is 1. The van der Waals surface area contributed by atoms with Gasteiger partial charge in [0.05, 0.1) is 6.04 Å². The van der Waals surface area contributed by atoms with Crippen molar-refractivity contribution in [3.8, 4) is 0 Å². The van der Waals surface area contributed by atoms with Crippen LogP contribution in [-0.2, 0) is 6.42 Å². The summed E-state index contributed by atoms with van der Waals surface area (Å²) in [5.74, 6) is 5.28. The fraction of sp³-hybridized carbons (Fsp3) is 0.154. The van der Waals surface area contributed by atoms with E-state index in [1.807, 2.05) is 12.1 Å². The first kappa shape index (κ1) is 14.4. The van der Waals surface area contributed by atoms with E-state index in [-0.39, 0.29) is 11.9 Å². The Morgan fingerprint density at radius 1 is 1.37 bits per heavy atom. The van der Waals surface area contributed by atoms with Crippen LogP contribution in [0, 0.1) is 5.82 Å². The van der Waals surface area contributed by atoms with Crippen molar-refractivity contribution in [3.05, 3.63) is 63.1 Å². The molecule has 0 saturated heterocycles. The van der Waals surface area contributed by atoms with E-state index in [9.17, 15) is 4.39 Å². The van der Waals surface area contributed by atoms with Crippen molar-refractivity contribution in [2.24, 2.45) is 5.84 Å². The van der Waals surface area contributed by atoms with Gasteiger partial charge in [0.25, 0.3) is 0 Å². The zero-order valence-electron chi connectivity index (χ0n) is 9.91. The number of nitrogens with one attached hydrogen (secondary N) is 1. The van der Waals surface area contributed by atoms with Crippen LogP contribution >= 0.6 is 27.5 Å². The van der Waals surface area contributed by atoms with Gasteiger partial charge in [0.2, 0.25) is 0 Å². The summed E-state index contributed by atoms with van der Waals surface area (Å²) in [5, 5.41) is 0.401. The number of pyridine rings is 1. The minimum atomic E-state index is -0.284. The van der Waals surface area contributed by atoms with Crippen LogP contribution in [0.15, 0.2) is 41.0 Å². The van der Waals surface area contributed by atoms with E-state index in [1.54, 1.807) is 12.3 Å². The van der Waals surface area contributed by atoms with Crippen molar-refractivity contribution in [3.63, 3.8) is 0 Å².